The van der Waals surface area contributed by atoms with Crippen LogP contribution < -0.4 is 4.90 Å². The number of anilines is 1. The number of carbonyl (C=O) groups excluding carboxylic acids is 2. The molecule has 1 fully saturated rings. The third kappa shape index (κ3) is 3.72. The van der Waals surface area contributed by atoms with Gasteiger partial charge in [-0.2, -0.15) is 0 Å². The molecule has 0 aromatic heterocycles. The second-order valence-corrected chi connectivity index (χ2v) is 8.81. The van der Waals surface area contributed by atoms with Crippen molar-refractivity contribution in [2.45, 2.75) is 25.6 Å². The maximum absolute atomic E-state index is 13.4. The highest BCUT2D eigenvalue weighted by atomic mass is 16.7. The van der Waals surface area contributed by atoms with Gasteiger partial charge >= 0.3 is 11.9 Å². The fourth-order valence-electron chi connectivity index (χ4n) is 5.07. The average molecular weight is 485 g/mol. The number of aryl methyl sites for hydroxylation is 1. The van der Waals surface area contributed by atoms with Gasteiger partial charge < -0.3 is 19.2 Å². The van der Waals surface area contributed by atoms with Crippen LogP contribution in [0.25, 0.3) is 0 Å². The molecule has 0 saturated carbocycles. The SMILES string of the molecule is CCOC(=O)C1=C(C(=O)OC)[C@@]2(c3ccccc3)CN(c3ccc(C)cc3)[C@H](c3ccccc3)N2O1. The first-order chi connectivity index (χ1) is 17.5. The van der Waals surface area contributed by atoms with Gasteiger partial charge in [-0.25, -0.2) is 9.59 Å². The fraction of sp³-hybridized carbons (Fsp3) is 0.241. The molecule has 0 N–H and O–H groups in total. The topological polar surface area (TPSA) is 68.3 Å². The van der Waals surface area contributed by atoms with E-state index in [1.165, 1.54) is 7.11 Å². The minimum atomic E-state index is -1.12. The molecule has 7 heteroatoms. The van der Waals surface area contributed by atoms with Crippen molar-refractivity contribution in [1.29, 1.82) is 0 Å². The number of hydrogen-bond acceptors (Lipinski definition) is 7. The van der Waals surface area contributed by atoms with E-state index in [1.807, 2.05) is 67.6 Å². The summed E-state index contributed by atoms with van der Waals surface area (Å²) >= 11 is 0. The van der Waals surface area contributed by atoms with Crippen molar-refractivity contribution in [3.05, 3.63) is 113 Å². The molecule has 2 heterocycles. The van der Waals surface area contributed by atoms with Gasteiger partial charge in [0.25, 0.3) is 0 Å². The third-order valence-electron chi connectivity index (χ3n) is 6.69. The molecule has 184 valence electrons. The predicted octanol–water partition coefficient (Wildman–Crippen LogP) is 4.65. The van der Waals surface area contributed by atoms with E-state index < -0.39 is 23.6 Å². The molecule has 0 radical (unpaired) electrons. The highest BCUT2D eigenvalue weighted by Crippen LogP contribution is 2.56. The lowest BCUT2D eigenvalue weighted by atomic mass is 9.82. The number of nitrogens with zero attached hydrogens (tertiary/aromatic N) is 2. The van der Waals surface area contributed by atoms with Crippen LogP contribution >= 0.6 is 0 Å². The Morgan fingerprint density at radius 3 is 2.19 bits per heavy atom. The van der Waals surface area contributed by atoms with Gasteiger partial charge in [0.15, 0.2) is 0 Å². The summed E-state index contributed by atoms with van der Waals surface area (Å²) in [5, 5.41) is 1.75. The summed E-state index contributed by atoms with van der Waals surface area (Å²) in [4.78, 5) is 35.0. The van der Waals surface area contributed by atoms with E-state index in [1.54, 1.807) is 12.0 Å². The molecule has 3 aromatic carbocycles. The van der Waals surface area contributed by atoms with E-state index in [9.17, 15) is 9.59 Å². The minimum Gasteiger partial charge on any atom is -0.465 e. The van der Waals surface area contributed by atoms with Gasteiger partial charge in [0.1, 0.15) is 17.3 Å². The number of esters is 2. The van der Waals surface area contributed by atoms with E-state index >= 15 is 0 Å². The normalized spacial score (nSPS) is 21.2. The van der Waals surface area contributed by atoms with Gasteiger partial charge in [0.05, 0.1) is 20.3 Å². The molecular weight excluding hydrogens is 456 g/mol. The Morgan fingerprint density at radius 2 is 1.58 bits per heavy atom. The molecule has 0 unspecified atom stereocenters. The van der Waals surface area contributed by atoms with E-state index in [0.717, 1.165) is 22.4 Å². The summed E-state index contributed by atoms with van der Waals surface area (Å²) < 4.78 is 10.5. The molecule has 2 atom stereocenters. The Kier molecular flexibility index (Phi) is 6.24. The zero-order chi connectivity index (χ0) is 25.3. The van der Waals surface area contributed by atoms with Crippen molar-refractivity contribution >= 4 is 17.6 Å². The van der Waals surface area contributed by atoms with Crippen molar-refractivity contribution in [1.82, 2.24) is 5.06 Å². The van der Waals surface area contributed by atoms with Crippen molar-refractivity contribution in [2.24, 2.45) is 0 Å². The lowest BCUT2D eigenvalue weighted by molar-refractivity contribution is -0.178. The molecule has 0 bridgehead atoms. The van der Waals surface area contributed by atoms with Crippen molar-refractivity contribution < 1.29 is 23.9 Å². The van der Waals surface area contributed by atoms with E-state index in [-0.39, 0.29) is 17.9 Å². The highest BCUT2D eigenvalue weighted by Gasteiger charge is 2.64. The van der Waals surface area contributed by atoms with Crippen LogP contribution in [0, 0.1) is 6.92 Å². The van der Waals surface area contributed by atoms with Crippen LogP contribution in [0.2, 0.25) is 0 Å². The van der Waals surface area contributed by atoms with Crippen LogP contribution in [0.3, 0.4) is 0 Å². The lowest BCUT2D eigenvalue weighted by Crippen LogP contribution is -2.43. The number of hydrogen-bond donors (Lipinski definition) is 0. The molecule has 5 rings (SSSR count). The minimum absolute atomic E-state index is 0.130. The van der Waals surface area contributed by atoms with Crippen LogP contribution in [-0.4, -0.2) is 37.3 Å². The number of fused-ring (bicyclic) bond motifs is 1. The summed E-state index contributed by atoms with van der Waals surface area (Å²) in [5.41, 5.74) is 2.87. The standard InChI is InChI=1S/C29H28N2O5/c1-4-35-28(33)25-24(27(32)34-3)29(22-13-9-6-10-14-22)19-30(23-17-15-20(2)16-18-23)26(31(29)36-25)21-11-7-5-8-12-21/h5-18,26H,4,19H2,1-3H3/t26-,29-/m0/s1. The first kappa shape index (κ1) is 23.6. The highest BCUT2D eigenvalue weighted by molar-refractivity contribution is 6.02. The number of benzene rings is 3. The summed E-state index contributed by atoms with van der Waals surface area (Å²) in [7, 11) is 1.31. The van der Waals surface area contributed by atoms with Gasteiger partial charge in [0.2, 0.25) is 5.76 Å². The largest absolute Gasteiger partial charge is 0.465 e. The lowest BCUT2D eigenvalue weighted by Gasteiger charge is -2.33. The van der Waals surface area contributed by atoms with Gasteiger partial charge in [-0.1, -0.05) is 83.4 Å². The quantitative estimate of drug-likeness (QED) is 0.472. The van der Waals surface area contributed by atoms with E-state index in [4.69, 9.17) is 14.3 Å². The van der Waals surface area contributed by atoms with E-state index in [0.29, 0.717) is 6.54 Å². The van der Waals surface area contributed by atoms with E-state index in [2.05, 4.69) is 29.2 Å². The van der Waals surface area contributed by atoms with Crippen molar-refractivity contribution in [2.75, 3.05) is 25.2 Å². The molecule has 0 aliphatic carbocycles. The van der Waals surface area contributed by atoms with Gasteiger partial charge in [-0.05, 0) is 37.1 Å². The zero-order valence-electron chi connectivity index (χ0n) is 20.5. The molecule has 0 spiro atoms. The first-order valence-electron chi connectivity index (χ1n) is 11.9. The molecule has 2 aliphatic rings. The monoisotopic (exact) mass is 484 g/mol. The van der Waals surface area contributed by atoms with Crippen LogP contribution in [0.1, 0.15) is 29.8 Å². The maximum Gasteiger partial charge on any atom is 0.376 e. The van der Waals surface area contributed by atoms with Crippen molar-refractivity contribution in [3.8, 4) is 0 Å². The number of ether oxygens (including phenoxy) is 2. The van der Waals surface area contributed by atoms with Crippen LogP contribution in [0.4, 0.5) is 5.69 Å². The molecular formula is C29H28N2O5. The molecule has 1 saturated heterocycles. The summed E-state index contributed by atoms with van der Waals surface area (Å²) in [6.45, 7) is 4.24. The Hall–Kier alpha value is -4.10. The second-order valence-electron chi connectivity index (χ2n) is 8.81. The number of hydroxylamine groups is 2. The Bertz CT molecular complexity index is 1290. The fourth-order valence-corrected chi connectivity index (χ4v) is 5.07. The van der Waals surface area contributed by atoms with Crippen LogP contribution in [-0.2, 0) is 29.4 Å². The van der Waals surface area contributed by atoms with Crippen molar-refractivity contribution in [3.63, 3.8) is 0 Å². The van der Waals surface area contributed by atoms with Crippen LogP contribution in [0.15, 0.2) is 96.3 Å². The molecule has 36 heavy (non-hydrogen) atoms. The Morgan fingerprint density at radius 1 is 0.944 bits per heavy atom. The Balaban J connectivity index is 1.78. The van der Waals surface area contributed by atoms with Gasteiger partial charge in [0, 0.05) is 5.69 Å². The van der Waals surface area contributed by atoms with Gasteiger partial charge in [-0.3, -0.25) is 0 Å². The van der Waals surface area contributed by atoms with Gasteiger partial charge in [-0.15, -0.1) is 0 Å². The summed E-state index contributed by atoms with van der Waals surface area (Å²) in [6.07, 6.45) is -0.444. The molecule has 3 aromatic rings. The molecule has 2 aliphatic heterocycles. The van der Waals surface area contributed by atoms with Crippen LogP contribution in [0.5, 0.6) is 0 Å². The number of methoxy groups -OCH3 is 1. The number of carbonyl (C=O) groups is 2. The maximum atomic E-state index is 13.4. The summed E-state index contributed by atoms with van der Waals surface area (Å²) in [5.74, 6) is -1.48. The Labute approximate surface area is 210 Å². The molecule has 0 amide bonds. The second kappa shape index (κ2) is 9.51. The zero-order valence-corrected chi connectivity index (χ0v) is 20.5. The number of rotatable bonds is 6. The first-order valence-corrected chi connectivity index (χ1v) is 11.9. The average Bonchev–Trinajstić information content (AvgIpc) is 3.42. The third-order valence-corrected chi connectivity index (χ3v) is 6.69. The summed E-state index contributed by atoms with van der Waals surface area (Å²) in [6, 6.07) is 27.7. The molecule has 7 nitrogen and oxygen atoms in total. The smallest absolute Gasteiger partial charge is 0.376 e. The predicted molar refractivity (Wildman–Crippen MR) is 134 cm³/mol.